The summed E-state index contributed by atoms with van der Waals surface area (Å²) in [7, 11) is 0. The third-order valence-electron chi connectivity index (χ3n) is 2.14. The van der Waals surface area contributed by atoms with Crippen LogP contribution < -0.4 is 4.74 Å². The van der Waals surface area contributed by atoms with Gasteiger partial charge in [-0.3, -0.25) is 10.1 Å². The monoisotopic (exact) mass is 457 g/mol. The zero-order valence-corrected chi connectivity index (χ0v) is 12.9. The van der Waals surface area contributed by atoms with Crippen LogP contribution in [0.2, 0.25) is 0 Å². The Labute approximate surface area is 134 Å². The number of nitro groups is 1. The Kier molecular flexibility index (Phi) is 5.33. The first-order valence-corrected chi connectivity index (χ1v) is 6.68. The molecule has 0 saturated carbocycles. The molecule has 0 aliphatic carbocycles. The molecule has 0 aliphatic rings. The summed E-state index contributed by atoms with van der Waals surface area (Å²) >= 11 is 4.57. The van der Waals surface area contributed by atoms with Crippen LogP contribution in [0.25, 0.3) is 0 Å². The third kappa shape index (κ3) is 3.29. The van der Waals surface area contributed by atoms with Crippen molar-refractivity contribution in [2.45, 2.75) is 9.85 Å². The van der Waals surface area contributed by atoms with Crippen LogP contribution in [0.4, 0.5) is 27.6 Å². The van der Waals surface area contributed by atoms with E-state index in [1.807, 2.05) is 0 Å². The van der Waals surface area contributed by atoms with Gasteiger partial charge in [-0.25, -0.2) is 9.18 Å². The number of benzene rings is 1. The van der Waals surface area contributed by atoms with Crippen LogP contribution in [0, 0.1) is 27.6 Å². The van der Waals surface area contributed by atoms with Crippen LogP contribution in [0.15, 0.2) is 0 Å². The standard InChI is InChI=1S/C9H2Br2F5NO5/c10-8(11)9(15,16)22-6-2(12)1(7(18)19)5(17(20)21)3(13)4(6)14/h8H,(H,18,19). The Morgan fingerprint density at radius 1 is 1.23 bits per heavy atom. The quantitative estimate of drug-likeness (QED) is 0.238. The first-order chi connectivity index (χ1) is 9.91. The number of alkyl halides is 4. The van der Waals surface area contributed by atoms with Crippen LogP contribution in [0.1, 0.15) is 10.4 Å². The van der Waals surface area contributed by atoms with Gasteiger partial charge in [0, 0.05) is 0 Å². The third-order valence-corrected chi connectivity index (χ3v) is 3.21. The van der Waals surface area contributed by atoms with Crippen molar-refractivity contribution in [3.05, 3.63) is 33.1 Å². The van der Waals surface area contributed by atoms with Crippen molar-refractivity contribution in [2.24, 2.45) is 0 Å². The number of aromatic carboxylic acids is 1. The Bertz CT molecular complexity index is 654. The maximum absolute atomic E-state index is 13.8. The van der Waals surface area contributed by atoms with Crippen molar-refractivity contribution in [3.8, 4) is 5.75 Å². The highest BCUT2D eigenvalue weighted by molar-refractivity contribution is 9.24. The Hall–Kier alpha value is -1.50. The number of nitro benzene ring substituents is 1. The molecule has 0 fully saturated rings. The predicted molar refractivity (Wildman–Crippen MR) is 67.1 cm³/mol. The molecule has 0 atom stereocenters. The molecule has 0 amide bonds. The molecule has 1 rings (SSSR count). The van der Waals surface area contributed by atoms with Gasteiger partial charge in [-0.1, -0.05) is 31.9 Å². The number of ether oxygens (including phenoxy) is 1. The van der Waals surface area contributed by atoms with Crippen molar-refractivity contribution in [1.29, 1.82) is 0 Å². The van der Waals surface area contributed by atoms with Crippen molar-refractivity contribution < 1.29 is 41.5 Å². The predicted octanol–water partition coefficient (Wildman–Crippen LogP) is 3.80. The van der Waals surface area contributed by atoms with Gasteiger partial charge in [0.05, 0.1) is 4.92 Å². The molecule has 6 nitrogen and oxygen atoms in total. The molecule has 22 heavy (non-hydrogen) atoms. The molecule has 0 unspecified atom stereocenters. The molecule has 1 aromatic rings. The van der Waals surface area contributed by atoms with Crippen molar-refractivity contribution >= 4 is 43.5 Å². The van der Waals surface area contributed by atoms with Crippen LogP contribution in [-0.4, -0.2) is 25.8 Å². The first-order valence-electron chi connectivity index (χ1n) is 4.84. The second kappa shape index (κ2) is 6.32. The molecule has 1 aromatic carbocycles. The van der Waals surface area contributed by atoms with E-state index >= 15 is 0 Å². The number of nitrogens with zero attached hydrogens (tertiary/aromatic N) is 1. The lowest BCUT2D eigenvalue weighted by Gasteiger charge is -2.20. The fraction of sp³-hybridized carbons (Fsp3) is 0.222. The average molecular weight is 459 g/mol. The second-order valence-electron chi connectivity index (χ2n) is 3.52. The van der Waals surface area contributed by atoms with Crippen LogP contribution in [0.5, 0.6) is 5.75 Å². The molecule has 0 aliphatic heterocycles. The van der Waals surface area contributed by atoms with Gasteiger partial charge >= 0.3 is 17.8 Å². The number of halogens is 7. The topological polar surface area (TPSA) is 89.7 Å². The van der Waals surface area contributed by atoms with E-state index in [9.17, 15) is 36.9 Å². The van der Waals surface area contributed by atoms with E-state index in [0.29, 0.717) is 0 Å². The number of carboxylic acid groups (broad SMARTS) is 1. The van der Waals surface area contributed by atoms with E-state index in [-0.39, 0.29) is 0 Å². The van der Waals surface area contributed by atoms with Crippen LogP contribution in [0.3, 0.4) is 0 Å². The highest BCUT2D eigenvalue weighted by atomic mass is 79.9. The van der Waals surface area contributed by atoms with Crippen molar-refractivity contribution in [3.63, 3.8) is 0 Å². The highest BCUT2D eigenvalue weighted by Crippen LogP contribution is 2.40. The fourth-order valence-corrected chi connectivity index (χ4v) is 1.45. The van der Waals surface area contributed by atoms with E-state index in [1.54, 1.807) is 0 Å². The maximum Gasteiger partial charge on any atom is 0.420 e. The molecule has 0 aromatic heterocycles. The second-order valence-corrected chi connectivity index (χ2v) is 6.58. The van der Waals surface area contributed by atoms with Gasteiger partial charge in [0.1, 0.15) is 0 Å². The number of carboxylic acids is 1. The van der Waals surface area contributed by atoms with E-state index in [2.05, 4.69) is 36.6 Å². The number of carbonyl (C=O) groups is 1. The normalized spacial score (nSPS) is 11.6. The van der Waals surface area contributed by atoms with Crippen molar-refractivity contribution in [1.82, 2.24) is 0 Å². The molecule has 0 saturated heterocycles. The number of hydrogen-bond acceptors (Lipinski definition) is 4. The summed E-state index contributed by atoms with van der Waals surface area (Å²) in [5.41, 5.74) is -4.00. The maximum atomic E-state index is 13.8. The van der Waals surface area contributed by atoms with E-state index in [4.69, 9.17) is 5.11 Å². The smallest absolute Gasteiger partial charge is 0.420 e. The van der Waals surface area contributed by atoms with Gasteiger partial charge < -0.3 is 9.84 Å². The molecule has 13 heteroatoms. The van der Waals surface area contributed by atoms with Crippen LogP contribution >= 0.6 is 31.9 Å². The molecule has 1 N–H and O–H groups in total. The van der Waals surface area contributed by atoms with E-state index in [0.717, 1.165) is 0 Å². The summed E-state index contributed by atoms with van der Waals surface area (Å²) in [6, 6.07) is 0. The minimum atomic E-state index is -4.33. The van der Waals surface area contributed by atoms with Gasteiger partial charge in [-0.15, -0.1) is 0 Å². The molecular weight excluding hydrogens is 457 g/mol. The average Bonchev–Trinajstić information content (AvgIpc) is 2.37. The van der Waals surface area contributed by atoms with Crippen molar-refractivity contribution in [2.75, 3.05) is 0 Å². The summed E-state index contributed by atoms with van der Waals surface area (Å²) in [6.45, 7) is 0. The lowest BCUT2D eigenvalue weighted by atomic mass is 10.1. The zero-order valence-electron chi connectivity index (χ0n) is 9.75. The highest BCUT2D eigenvalue weighted by Gasteiger charge is 2.44. The molecule has 0 heterocycles. The largest absolute Gasteiger partial charge is 0.477 e. The van der Waals surface area contributed by atoms with Gasteiger partial charge in [0.15, 0.2) is 15.1 Å². The minimum absolute atomic E-state index is 1.70. The summed E-state index contributed by atoms with van der Waals surface area (Å²) in [6.07, 6.45) is -4.33. The Morgan fingerprint density at radius 2 is 1.73 bits per heavy atom. The lowest BCUT2D eigenvalue weighted by Crippen LogP contribution is -2.32. The van der Waals surface area contributed by atoms with Gasteiger partial charge in [-0.2, -0.15) is 17.6 Å². The van der Waals surface area contributed by atoms with E-state index in [1.165, 1.54) is 0 Å². The molecule has 0 spiro atoms. The summed E-state index contributed by atoms with van der Waals surface area (Å²) in [5.74, 6) is -11.7. The molecule has 0 radical (unpaired) electrons. The molecule has 122 valence electrons. The van der Waals surface area contributed by atoms with Crippen LogP contribution in [-0.2, 0) is 0 Å². The SMILES string of the molecule is O=C(O)c1c(F)c(OC(F)(F)C(Br)Br)c(F)c(F)c1[N+](=O)[O-]. The van der Waals surface area contributed by atoms with Gasteiger partial charge in [0.25, 0.3) is 0 Å². The number of hydrogen-bond donors (Lipinski definition) is 1. The number of rotatable bonds is 5. The van der Waals surface area contributed by atoms with Gasteiger partial charge in [0.2, 0.25) is 17.4 Å². The summed E-state index contributed by atoms with van der Waals surface area (Å²) in [5, 5.41) is 19.2. The fourth-order valence-electron chi connectivity index (χ4n) is 1.26. The molecular formula is C9H2Br2F5NO5. The van der Waals surface area contributed by atoms with E-state index < -0.39 is 55.2 Å². The lowest BCUT2D eigenvalue weighted by molar-refractivity contribution is -0.388. The Balaban J connectivity index is 3.69. The summed E-state index contributed by atoms with van der Waals surface area (Å²) in [4.78, 5) is 19.6. The van der Waals surface area contributed by atoms with Gasteiger partial charge in [-0.05, 0) is 0 Å². The minimum Gasteiger partial charge on any atom is -0.477 e. The zero-order chi connectivity index (χ0) is 17.4. The Morgan fingerprint density at radius 3 is 2.09 bits per heavy atom. The molecule has 0 bridgehead atoms. The first kappa shape index (κ1) is 18.5. The summed E-state index contributed by atoms with van der Waals surface area (Å²) < 4.78 is 69.0.